The fourth-order valence-corrected chi connectivity index (χ4v) is 4.03. The maximum absolute atomic E-state index is 12.7. The Balaban J connectivity index is 1.64. The van der Waals surface area contributed by atoms with Crippen LogP contribution in [0.15, 0.2) is 93.3 Å². The first-order valence-corrected chi connectivity index (χ1v) is 10.3. The van der Waals surface area contributed by atoms with Gasteiger partial charge in [-0.25, -0.2) is 17.8 Å². The van der Waals surface area contributed by atoms with E-state index in [-0.39, 0.29) is 16.8 Å². The molecule has 0 fully saturated rings. The van der Waals surface area contributed by atoms with Crippen LogP contribution in [0.3, 0.4) is 0 Å². The molecule has 0 atom stereocenters. The van der Waals surface area contributed by atoms with Gasteiger partial charge in [-0.05, 0) is 42.0 Å². The normalized spacial score (nSPS) is 11.6. The Bertz CT molecular complexity index is 1390. The van der Waals surface area contributed by atoms with Gasteiger partial charge in [-0.1, -0.05) is 42.5 Å². The Labute approximate surface area is 166 Å². The molecule has 4 aromatic rings. The van der Waals surface area contributed by atoms with Crippen molar-refractivity contribution in [2.45, 2.75) is 11.4 Å². The molecule has 0 aliphatic carbocycles. The predicted octanol–water partition coefficient (Wildman–Crippen LogP) is 2.16. The van der Waals surface area contributed by atoms with Crippen molar-refractivity contribution in [2.24, 2.45) is 0 Å². The summed E-state index contributed by atoms with van der Waals surface area (Å²) in [7, 11) is -3.72. The Morgan fingerprint density at radius 3 is 2.10 bits per heavy atom. The second-order valence-corrected chi connectivity index (χ2v) is 8.20. The third-order valence-electron chi connectivity index (χ3n) is 4.53. The summed E-state index contributed by atoms with van der Waals surface area (Å²) in [5.41, 5.74) is 0.410. The summed E-state index contributed by atoms with van der Waals surface area (Å²) in [5, 5.41) is 3.12. The van der Waals surface area contributed by atoms with Crippen LogP contribution < -0.4 is 15.8 Å². The van der Waals surface area contributed by atoms with E-state index in [9.17, 15) is 18.0 Å². The molecule has 7 nitrogen and oxygen atoms in total. The molecule has 4 rings (SSSR count). The van der Waals surface area contributed by atoms with Crippen LogP contribution in [0.25, 0.3) is 16.5 Å². The maximum Gasteiger partial charge on any atom is 0.277 e. The average Bonchev–Trinajstić information content (AvgIpc) is 2.76. The molecule has 0 unspecified atom stereocenters. The molecule has 0 aliphatic rings. The lowest BCUT2D eigenvalue weighted by Crippen LogP contribution is -2.28. The molecule has 1 aromatic heterocycles. The van der Waals surface area contributed by atoms with Gasteiger partial charge in [0.05, 0.1) is 21.4 Å². The van der Waals surface area contributed by atoms with Crippen molar-refractivity contribution in [3.63, 3.8) is 0 Å². The summed E-state index contributed by atoms with van der Waals surface area (Å²) in [6, 6.07) is 21.4. The lowest BCUT2D eigenvalue weighted by atomic mass is 10.2. The molecule has 0 saturated heterocycles. The molecule has 29 heavy (non-hydrogen) atoms. The minimum absolute atomic E-state index is 0.0633. The molecule has 8 heteroatoms. The van der Waals surface area contributed by atoms with Gasteiger partial charge in [0, 0.05) is 6.54 Å². The van der Waals surface area contributed by atoms with Crippen LogP contribution in [0.2, 0.25) is 0 Å². The molecule has 146 valence electrons. The van der Waals surface area contributed by atoms with E-state index in [0.29, 0.717) is 11.1 Å². The Hall–Kier alpha value is -3.49. The van der Waals surface area contributed by atoms with Gasteiger partial charge in [0.15, 0.2) is 0 Å². The lowest BCUT2D eigenvalue weighted by molar-refractivity contribution is 0.581. The fourth-order valence-electron chi connectivity index (χ4n) is 3.01. The van der Waals surface area contributed by atoms with Crippen molar-refractivity contribution < 1.29 is 8.42 Å². The highest BCUT2D eigenvalue weighted by Crippen LogP contribution is 2.13. The number of hydrogen-bond acceptors (Lipinski definition) is 4. The van der Waals surface area contributed by atoms with Gasteiger partial charge in [0.25, 0.3) is 11.1 Å². The van der Waals surface area contributed by atoms with Crippen LogP contribution in [0, 0.1) is 0 Å². The number of sulfonamides is 1. The zero-order chi connectivity index (χ0) is 20.4. The molecule has 0 saturated carbocycles. The van der Waals surface area contributed by atoms with Crippen LogP contribution in [0.4, 0.5) is 0 Å². The molecule has 0 radical (unpaired) electrons. The molecule has 0 amide bonds. The number of hydrogen-bond donors (Lipinski definition) is 2. The summed E-state index contributed by atoms with van der Waals surface area (Å²) in [6.45, 7) is 0.169. The number of benzene rings is 3. The lowest BCUT2D eigenvalue weighted by Gasteiger charge is -2.10. The van der Waals surface area contributed by atoms with Crippen molar-refractivity contribution in [1.82, 2.24) is 14.5 Å². The molecule has 2 N–H and O–H groups in total. The zero-order valence-electron chi connectivity index (χ0n) is 15.2. The first kappa shape index (κ1) is 18.9. The van der Waals surface area contributed by atoms with E-state index in [0.717, 1.165) is 10.2 Å². The van der Waals surface area contributed by atoms with Crippen LogP contribution in [-0.2, 0) is 16.6 Å². The van der Waals surface area contributed by atoms with E-state index in [2.05, 4.69) is 9.82 Å². The Morgan fingerprint density at radius 2 is 1.41 bits per heavy atom. The minimum Gasteiger partial charge on any atom is -0.267 e. The first-order chi connectivity index (χ1) is 14.0. The van der Waals surface area contributed by atoms with Crippen LogP contribution in [0.5, 0.6) is 0 Å². The summed E-state index contributed by atoms with van der Waals surface area (Å²) in [4.78, 5) is 25.0. The van der Waals surface area contributed by atoms with Gasteiger partial charge in [-0.3, -0.25) is 14.7 Å². The molecule has 0 bridgehead atoms. The summed E-state index contributed by atoms with van der Waals surface area (Å²) in [5.74, 6) is 0. The Kier molecular flexibility index (Phi) is 4.87. The highest BCUT2D eigenvalue weighted by molar-refractivity contribution is 7.89. The zero-order valence-corrected chi connectivity index (χ0v) is 16.0. The SMILES string of the molecule is O=c1[nH]n(-c2ccc(S(=O)(=O)NCc3ccccc3)cc2)c(=O)c2ccccc12. The maximum atomic E-state index is 12.7. The van der Waals surface area contributed by atoms with Crippen LogP contribution >= 0.6 is 0 Å². The van der Waals surface area contributed by atoms with Crippen LogP contribution in [0.1, 0.15) is 5.56 Å². The van der Waals surface area contributed by atoms with Crippen molar-refractivity contribution in [3.8, 4) is 5.69 Å². The monoisotopic (exact) mass is 407 g/mol. The van der Waals surface area contributed by atoms with E-state index in [4.69, 9.17) is 0 Å². The largest absolute Gasteiger partial charge is 0.277 e. The smallest absolute Gasteiger partial charge is 0.267 e. The molecule has 3 aromatic carbocycles. The number of fused-ring (bicyclic) bond motifs is 1. The summed E-state index contributed by atoms with van der Waals surface area (Å²) >= 11 is 0. The van der Waals surface area contributed by atoms with Gasteiger partial charge >= 0.3 is 0 Å². The number of nitrogens with zero attached hydrogens (tertiary/aromatic N) is 1. The standard InChI is InChI=1S/C21H17N3O4S/c25-20-18-8-4-5-9-19(18)21(26)24(23-20)16-10-12-17(13-11-16)29(27,28)22-14-15-6-2-1-3-7-15/h1-13,22H,14H2,(H,23,25). The van der Waals surface area contributed by atoms with Crippen molar-refractivity contribution in [3.05, 3.63) is 105 Å². The van der Waals surface area contributed by atoms with Crippen molar-refractivity contribution in [2.75, 3.05) is 0 Å². The number of rotatable bonds is 5. The number of aromatic amines is 1. The van der Waals surface area contributed by atoms with E-state index < -0.39 is 21.1 Å². The van der Waals surface area contributed by atoms with Gasteiger partial charge in [0.1, 0.15) is 0 Å². The van der Waals surface area contributed by atoms with Crippen molar-refractivity contribution >= 4 is 20.8 Å². The van der Waals surface area contributed by atoms with E-state index >= 15 is 0 Å². The number of nitrogens with one attached hydrogen (secondary N) is 2. The first-order valence-electron chi connectivity index (χ1n) is 8.84. The average molecular weight is 407 g/mol. The second kappa shape index (κ2) is 7.50. The number of aromatic nitrogens is 2. The summed E-state index contributed by atoms with van der Waals surface area (Å²) in [6.07, 6.45) is 0. The predicted molar refractivity (Wildman–Crippen MR) is 111 cm³/mol. The van der Waals surface area contributed by atoms with Gasteiger partial charge in [0.2, 0.25) is 10.0 Å². The summed E-state index contributed by atoms with van der Waals surface area (Å²) < 4.78 is 28.7. The van der Waals surface area contributed by atoms with Gasteiger partial charge in [-0.2, -0.15) is 0 Å². The molecule has 1 heterocycles. The topological polar surface area (TPSA) is 101 Å². The highest BCUT2D eigenvalue weighted by Gasteiger charge is 2.14. The third-order valence-corrected chi connectivity index (χ3v) is 5.95. The number of H-pyrrole nitrogens is 1. The molecule has 0 spiro atoms. The van der Waals surface area contributed by atoms with E-state index in [1.165, 1.54) is 24.3 Å². The molecular formula is C21H17N3O4S. The van der Waals surface area contributed by atoms with E-state index in [1.807, 2.05) is 30.3 Å². The van der Waals surface area contributed by atoms with Crippen molar-refractivity contribution in [1.29, 1.82) is 0 Å². The van der Waals surface area contributed by atoms with Crippen LogP contribution in [-0.4, -0.2) is 18.2 Å². The van der Waals surface area contributed by atoms with Gasteiger partial charge < -0.3 is 0 Å². The Morgan fingerprint density at radius 1 is 0.793 bits per heavy atom. The quantitative estimate of drug-likeness (QED) is 0.529. The molecule has 0 aliphatic heterocycles. The highest BCUT2D eigenvalue weighted by atomic mass is 32.2. The second-order valence-electron chi connectivity index (χ2n) is 6.43. The van der Waals surface area contributed by atoms with E-state index in [1.54, 1.807) is 24.3 Å². The van der Waals surface area contributed by atoms with Gasteiger partial charge in [-0.15, -0.1) is 0 Å². The third kappa shape index (κ3) is 3.75. The minimum atomic E-state index is -3.72. The fraction of sp³-hybridized carbons (Fsp3) is 0.0476. The molecular weight excluding hydrogens is 390 g/mol.